The smallest absolute Gasteiger partial charge is 0.174 e. The van der Waals surface area contributed by atoms with Gasteiger partial charge in [-0.1, -0.05) is 15.9 Å². The van der Waals surface area contributed by atoms with Crippen molar-refractivity contribution < 1.29 is 4.79 Å². The predicted molar refractivity (Wildman–Crippen MR) is 58.4 cm³/mol. The van der Waals surface area contributed by atoms with Crippen molar-refractivity contribution in [1.82, 2.24) is 0 Å². The number of benzene rings is 1. The Kier molecular flexibility index (Phi) is 3.26. The molecule has 0 atom stereocenters. The van der Waals surface area contributed by atoms with Gasteiger partial charge < -0.3 is 5.73 Å². The standard InChI is InChI=1S/C10H9BrN2O/c1-6-2-7(5-12)8(3-9(6)13)10(14)4-11/h2-3H,4,13H2,1H3. The van der Waals surface area contributed by atoms with Crippen LogP contribution in [0.3, 0.4) is 0 Å². The number of hydrogen-bond acceptors (Lipinski definition) is 3. The minimum Gasteiger partial charge on any atom is -0.398 e. The zero-order valence-electron chi connectivity index (χ0n) is 7.67. The first-order valence-electron chi connectivity index (χ1n) is 3.99. The van der Waals surface area contributed by atoms with Crippen LogP contribution >= 0.6 is 15.9 Å². The number of ketones is 1. The third-order valence-electron chi connectivity index (χ3n) is 1.95. The maximum absolute atomic E-state index is 11.4. The van der Waals surface area contributed by atoms with Gasteiger partial charge in [0.25, 0.3) is 0 Å². The van der Waals surface area contributed by atoms with E-state index >= 15 is 0 Å². The van der Waals surface area contributed by atoms with Crippen molar-refractivity contribution in [3.63, 3.8) is 0 Å². The first-order valence-corrected chi connectivity index (χ1v) is 5.11. The molecule has 0 saturated carbocycles. The molecule has 0 unspecified atom stereocenters. The van der Waals surface area contributed by atoms with Gasteiger partial charge in [-0.3, -0.25) is 4.79 Å². The Hall–Kier alpha value is -1.34. The number of halogens is 1. The molecule has 1 aromatic carbocycles. The number of carbonyl (C=O) groups is 1. The lowest BCUT2D eigenvalue weighted by Crippen LogP contribution is -2.05. The summed E-state index contributed by atoms with van der Waals surface area (Å²) < 4.78 is 0. The highest BCUT2D eigenvalue weighted by molar-refractivity contribution is 9.09. The first kappa shape index (κ1) is 10.7. The van der Waals surface area contributed by atoms with Crippen LogP contribution in [-0.2, 0) is 0 Å². The van der Waals surface area contributed by atoms with Crippen molar-refractivity contribution in [3.05, 3.63) is 28.8 Å². The molecule has 4 heteroatoms. The normalized spacial score (nSPS) is 9.50. The molecule has 0 saturated heterocycles. The molecule has 2 N–H and O–H groups in total. The van der Waals surface area contributed by atoms with Crippen LogP contribution < -0.4 is 5.73 Å². The average Bonchev–Trinajstić information content (AvgIpc) is 2.20. The average molecular weight is 253 g/mol. The molecule has 0 aliphatic carbocycles. The molecule has 1 aromatic rings. The number of nitrogen functional groups attached to an aromatic ring is 1. The maximum atomic E-state index is 11.4. The molecule has 0 heterocycles. The highest BCUT2D eigenvalue weighted by Crippen LogP contribution is 2.18. The minimum absolute atomic E-state index is 0.131. The SMILES string of the molecule is Cc1cc(C#N)c(C(=O)CBr)cc1N. The molecule has 0 aromatic heterocycles. The second-order valence-electron chi connectivity index (χ2n) is 2.92. The number of hydrogen-bond donors (Lipinski definition) is 1. The predicted octanol–water partition coefficient (Wildman–Crippen LogP) is 2.03. The van der Waals surface area contributed by atoms with Gasteiger partial charge >= 0.3 is 0 Å². The van der Waals surface area contributed by atoms with Crippen LogP contribution in [0.25, 0.3) is 0 Å². The van der Waals surface area contributed by atoms with E-state index in [-0.39, 0.29) is 11.1 Å². The van der Waals surface area contributed by atoms with Crippen molar-refractivity contribution in [3.8, 4) is 6.07 Å². The highest BCUT2D eigenvalue weighted by Gasteiger charge is 2.11. The third kappa shape index (κ3) is 1.94. The number of rotatable bonds is 2. The summed E-state index contributed by atoms with van der Waals surface area (Å²) in [5.41, 5.74) is 7.77. The number of alkyl halides is 1. The van der Waals surface area contributed by atoms with Gasteiger partial charge in [0.2, 0.25) is 0 Å². The molecule has 0 aliphatic rings. The largest absolute Gasteiger partial charge is 0.398 e. The fourth-order valence-corrected chi connectivity index (χ4v) is 1.42. The number of nitrogens with two attached hydrogens (primary N) is 1. The summed E-state index contributed by atoms with van der Waals surface area (Å²) in [6, 6.07) is 5.16. The Morgan fingerprint density at radius 1 is 1.64 bits per heavy atom. The van der Waals surface area contributed by atoms with Crippen LogP contribution in [0, 0.1) is 18.3 Å². The third-order valence-corrected chi connectivity index (χ3v) is 2.46. The summed E-state index contributed by atoms with van der Waals surface area (Å²) >= 11 is 3.06. The van der Waals surface area contributed by atoms with E-state index in [9.17, 15) is 4.79 Å². The Bertz CT molecular complexity index is 421. The number of anilines is 1. The minimum atomic E-state index is -0.131. The Morgan fingerprint density at radius 2 is 2.29 bits per heavy atom. The Balaban J connectivity index is 3.36. The summed E-state index contributed by atoms with van der Waals surface area (Å²) in [6.45, 7) is 1.80. The lowest BCUT2D eigenvalue weighted by Gasteiger charge is -2.05. The van der Waals surface area contributed by atoms with Gasteiger partial charge in [0.15, 0.2) is 5.78 Å². The fraction of sp³-hybridized carbons (Fsp3) is 0.200. The summed E-state index contributed by atoms with van der Waals surface area (Å²) in [4.78, 5) is 11.4. The lowest BCUT2D eigenvalue weighted by atomic mass is 10.0. The van der Waals surface area contributed by atoms with Gasteiger partial charge in [-0.15, -0.1) is 0 Å². The second-order valence-corrected chi connectivity index (χ2v) is 3.48. The van der Waals surface area contributed by atoms with Gasteiger partial charge in [-0.25, -0.2) is 0 Å². The molecule has 0 radical (unpaired) electrons. The van der Waals surface area contributed by atoms with Crippen LogP contribution in [0.1, 0.15) is 21.5 Å². The molecule has 14 heavy (non-hydrogen) atoms. The Morgan fingerprint density at radius 3 is 2.79 bits per heavy atom. The van der Waals surface area contributed by atoms with Crippen molar-refractivity contribution in [1.29, 1.82) is 5.26 Å². The molecule has 1 rings (SSSR count). The van der Waals surface area contributed by atoms with Crippen molar-refractivity contribution in [2.24, 2.45) is 0 Å². The van der Waals surface area contributed by atoms with Gasteiger partial charge in [-0.2, -0.15) is 5.26 Å². The van der Waals surface area contributed by atoms with E-state index in [1.807, 2.05) is 6.07 Å². The zero-order valence-corrected chi connectivity index (χ0v) is 9.26. The topological polar surface area (TPSA) is 66.9 Å². The summed E-state index contributed by atoms with van der Waals surface area (Å²) in [7, 11) is 0. The number of nitrogens with zero attached hydrogens (tertiary/aromatic N) is 1. The fourth-order valence-electron chi connectivity index (χ4n) is 1.12. The number of nitriles is 1. The maximum Gasteiger partial charge on any atom is 0.174 e. The lowest BCUT2D eigenvalue weighted by molar-refractivity contribution is 0.102. The molecule has 72 valence electrons. The van der Waals surface area contributed by atoms with Crippen molar-refractivity contribution in [2.45, 2.75) is 6.92 Å². The molecular formula is C10H9BrN2O. The van der Waals surface area contributed by atoms with E-state index in [0.29, 0.717) is 16.8 Å². The van der Waals surface area contributed by atoms with E-state index in [4.69, 9.17) is 11.0 Å². The van der Waals surface area contributed by atoms with Gasteiger partial charge in [-0.05, 0) is 24.6 Å². The van der Waals surface area contributed by atoms with Crippen LogP contribution in [0.4, 0.5) is 5.69 Å². The van der Waals surface area contributed by atoms with Crippen LogP contribution in [0.2, 0.25) is 0 Å². The van der Waals surface area contributed by atoms with Gasteiger partial charge in [0.05, 0.1) is 17.0 Å². The highest BCUT2D eigenvalue weighted by atomic mass is 79.9. The molecule has 3 nitrogen and oxygen atoms in total. The van der Waals surface area contributed by atoms with Crippen LogP contribution in [0.5, 0.6) is 0 Å². The van der Waals surface area contributed by atoms with Crippen LogP contribution in [-0.4, -0.2) is 11.1 Å². The van der Waals surface area contributed by atoms with Crippen molar-refractivity contribution in [2.75, 3.05) is 11.1 Å². The molecule has 0 aliphatic heterocycles. The molecule has 0 spiro atoms. The monoisotopic (exact) mass is 252 g/mol. The van der Waals surface area contributed by atoms with E-state index in [0.717, 1.165) is 5.56 Å². The molecule has 0 bridgehead atoms. The molecule has 0 amide bonds. The summed E-state index contributed by atoms with van der Waals surface area (Å²) in [5, 5.41) is 9.02. The van der Waals surface area contributed by atoms with E-state index in [1.54, 1.807) is 19.1 Å². The van der Waals surface area contributed by atoms with E-state index in [2.05, 4.69) is 15.9 Å². The quantitative estimate of drug-likeness (QED) is 0.498. The second kappa shape index (κ2) is 4.25. The van der Waals surface area contributed by atoms with Gasteiger partial charge in [0, 0.05) is 11.3 Å². The van der Waals surface area contributed by atoms with E-state index < -0.39 is 0 Å². The molecular weight excluding hydrogens is 244 g/mol. The van der Waals surface area contributed by atoms with Crippen molar-refractivity contribution >= 4 is 27.4 Å². The van der Waals surface area contributed by atoms with Gasteiger partial charge in [0.1, 0.15) is 0 Å². The Labute approximate surface area is 90.7 Å². The number of aryl methyl sites for hydroxylation is 1. The summed E-state index contributed by atoms with van der Waals surface area (Å²) in [6.07, 6.45) is 0. The summed E-state index contributed by atoms with van der Waals surface area (Å²) in [5.74, 6) is -0.131. The van der Waals surface area contributed by atoms with Crippen LogP contribution in [0.15, 0.2) is 12.1 Å². The zero-order chi connectivity index (χ0) is 10.7. The number of carbonyl (C=O) groups excluding carboxylic acids is 1. The number of Topliss-reactive ketones (excluding diaryl/α,β-unsaturated/α-hetero) is 1. The first-order chi connectivity index (χ1) is 6.60. The van der Waals surface area contributed by atoms with E-state index in [1.165, 1.54) is 0 Å². The molecule has 0 fully saturated rings.